The fourth-order valence-electron chi connectivity index (χ4n) is 1.43. The maximum atomic E-state index is 4.27. The van der Waals surface area contributed by atoms with Gasteiger partial charge in [0.2, 0.25) is 5.13 Å². The smallest absolute Gasteiger partial charge is 0.203 e. The number of anilines is 2. The highest BCUT2D eigenvalue weighted by Gasteiger charge is 1.95. The molecule has 5 heteroatoms. The highest BCUT2D eigenvalue weighted by atomic mass is 32.1. The predicted molar refractivity (Wildman–Crippen MR) is 78.8 cm³/mol. The number of aromatic nitrogens is 1. The third-order valence-corrected chi connectivity index (χ3v) is 3.27. The van der Waals surface area contributed by atoms with Crippen molar-refractivity contribution in [1.29, 1.82) is 0 Å². The number of hydrogen-bond donors (Lipinski definition) is 1. The lowest BCUT2D eigenvalue weighted by atomic mass is 10.2. The van der Waals surface area contributed by atoms with Crippen LogP contribution in [0.3, 0.4) is 0 Å². The fraction of sp³-hybridized carbons (Fsp3) is 0.231. The van der Waals surface area contributed by atoms with Crippen molar-refractivity contribution in [2.45, 2.75) is 6.92 Å². The van der Waals surface area contributed by atoms with E-state index in [-0.39, 0.29) is 0 Å². The summed E-state index contributed by atoms with van der Waals surface area (Å²) < 4.78 is 0. The second-order valence-corrected chi connectivity index (χ2v) is 5.01. The van der Waals surface area contributed by atoms with Gasteiger partial charge in [0.25, 0.3) is 0 Å². The Balaban J connectivity index is 1.96. The first-order valence-electron chi connectivity index (χ1n) is 5.64. The summed E-state index contributed by atoms with van der Waals surface area (Å²) in [5.41, 5.74) is 6.16. The van der Waals surface area contributed by atoms with Gasteiger partial charge in [-0.3, -0.25) is 5.43 Å². The molecule has 2 aromatic rings. The van der Waals surface area contributed by atoms with E-state index < -0.39 is 0 Å². The van der Waals surface area contributed by atoms with E-state index in [2.05, 4.69) is 32.5 Å². The normalized spacial score (nSPS) is 10.8. The average molecular weight is 260 g/mol. The van der Waals surface area contributed by atoms with E-state index in [0.717, 1.165) is 16.4 Å². The minimum Gasteiger partial charge on any atom is -0.378 e. The summed E-state index contributed by atoms with van der Waals surface area (Å²) in [4.78, 5) is 6.33. The van der Waals surface area contributed by atoms with Gasteiger partial charge in [0.05, 0.1) is 11.9 Å². The molecule has 0 bridgehead atoms. The van der Waals surface area contributed by atoms with Crippen LogP contribution in [0.5, 0.6) is 0 Å². The van der Waals surface area contributed by atoms with Gasteiger partial charge in [0.15, 0.2) is 0 Å². The van der Waals surface area contributed by atoms with E-state index in [0.29, 0.717) is 0 Å². The molecule has 0 aliphatic carbocycles. The summed E-state index contributed by atoms with van der Waals surface area (Å²) >= 11 is 1.55. The summed E-state index contributed by atoms with van der Waals surface area (Å²) in [6.45, 7) is 1.96. The van der Waals surface area contributed by atoms with Gasteiger partial charge in [-0.1, -0.05) is 12.1 Å². The quantitative estimate of drug-likeness (QED) is 0.678. The van der Waals surface area contributed by atoms with E-state index in [4.69, 9.17) is 0 Å². The number of benzene rings is 1. The van der Waals surface area contributed by atoms with Gasteiger partial charge in [-0.15, -0.1) is 11.3 Å². The summed E-state index contributed by atoms with van der Waals surface area (Å²) in [6, 6.07) is 8.20. The summed E-state index contributed by atoms with van der Waals surface area (Å²) in [7, 11) is 4.05. The molecule has 18 heavy (non-hydrogen) atoms. The molecule has 0 saturated heterocycles. The molecule has 1 N–H and O–H groups in total. The molecule has 4 nitrogen and oxygen atoms in total. The first-order chi connectivity index (χ1) is 8.65. The van der Waals surface area contributed by atoms with Crippen molar-refractivity contribution in [1.82, 2.24) is 4.98 Å². The van der Waals surface area contributed by atoms with Gasteiger partial charge in [-0.25, -0.2) is 4.98 Å². The Labute approximate surface area is 111 Å². The standard InChI is InChI=1S/C13H16N4S/c1-10-9-18-13(15-10)16-14-8-11-4-6-12(7-5-11)17(2)3/h4-9H,1-3H3,(H,15,16)/b14-8-. The summed E-state index contributed by atoms with van der Waals surface area (Å²) in [5.74, 6) is 0. The molecule has 0 atom stereocenters. The molecule has 0 aliphatic rings. The summed E-state index contributed by atoms with van der Waals surface area (Å²) in [6.07, 6.45) is 1.79. The van der Waals surface area contributed by atoms with Crippen molar-refractivity contribution in [3.63, 3.8) is 0 Å². The Bertz CT molecular complexity index is 528. The number of aryl methyl sites for hydroxylation is 1. The third kappa shape index (κ3) is 3.30. The van der Waals surface area contributed by atoms with Gasteiger partial charge in [-0.05, 0) is 24.6 Å². The van der Waals surface area contributed by atoms with Crippen molar-refractivity contribution in [2.24, 2.45) is 5.10 Å². The lowest BCUT2D eigenvalue weighted by Gasteiger charge is -2.11. The SMILES string of the molecule is Cc1csc(N/N=C\c2ccc(N(C)C)cc2)n1. The third-order valence-electron chi connectivity index (χ3n) is 2.40. The van der Waals surface area contributed by atoms with Gasteiger partial charge >= 0.3 is 0 Å². The van der Waals surface area contributed by atoms with Crippen molar-refractivity contribution in [2.75, 3.05) is 24.4 Å². The molecule has 94 valence electrons. The van der Waals surface area contributed by atoms with E-state index >= 15 is 0 Å². The molecule has 0 fully saturated rings. The number of nitrogens with zero attached hydrogens (tertiary/aromatic N) is 3. The van der Waals surface area contributed by atoms with Gasteiger partial charge in [0.1, 0.15) is 0 Å². The second kappa shape index (κ2) is 5.64. The summed E-state index contributed by atoms with van der Waals surface area (Å²) in [5, 5.41) is 6.96. The fourth-order valence-corrected chi connectivity index (χ4v) is 2.06. The van der Waals surface area contributed by atoms with Crippen LogP contribution in [0, 0.1) is 6.92 Å². The minimum atomic E-state index is 0.814. The van der Waals surface area contributed by atoms with Crippen LogP contribution in [0.4, 0.5) is 10.8 Å². The maximum Gasteiger partial charge on any atom is 0.203 e. The zero-order valence-corrected chi connectivity index (χ0v) is 11.5. The Morgan fingerprint density at radius 3 is 2.56 bits per heavy atom. The van der Waals surface area contributed by atoms with Crippen LogP contribution in [0.1, 0.15) is 11.3 Å². The van der Waals surface area contributed by atoms with Crippen molar-refractivity contribution < 1.29 is 0 Å². The number of nitrogens with one attached hydrogen (secondary N) is 1. The molecule has 0 aliphatic heterocycles. The first-order valence-corrected chi connectivity index (χ1v) is 6.52. The predicted octanol–water partition coefficient (Wildman–Crippen LogP) is 2.96. The number of hydrogen-bond acceptors (Lipinski definition) is 5. The Morgan fingerprint density at radius 1 is 1.28 bits per heavy atom. The lowest BCUT2D eigenvalue weighted by molar-refractivity contribution is 1.13. The second-order valence-electron chi connectivity index (χ2n) is 4.15. The number of hydrazone groups is 1. The largest absolute Gasteiger partial charge is 0.378 e. The lowest BCUT2D eigenvalue weighted by Crippen LogP contribution is -2.08. The van der Waals surface area contributed by atoms with E-state index in [9.17, 15) is 0 Å². The highest BCUT2D eigenvalue weighted by molar-refractivity contribution is 7.13. The molecule has 0 spiro atoms. The monoisotopic (exact) mass is 260 g/mol. The number of rotatable bonds is 4. The van der Waals surface area contributed by atoms with Gasteiger partial charge in [0, 0.05) is 25.2 Å². The Morgan fingerprint density at radius 2 is 2.00 bits per heavy atom. The Hall–Kier alpha value is -1.88. The van der Waals surface area contributed by atoms with Crippen LogP contribution < -0.4 is 10.3 Å². The van der Waals surface area contributed by atoms with Gasteiger partial charge in [-0.2, -0.15) is 5.10 Å². The molecular formula is C13H16N4S. The van der Waals surface area contributed by atoms with Crippen LogP contribution >= 0.6 is 11.3 Å². The van der Waals surface area contributed by atoms with E-state index in [1.54, 1.807) is 17.6 Å². The molecule has 0 amide bonds. The van der Waals surface area contributed by atoms with Gasteiger partial charge < -0.3 is 4.90 Å². The van der Waals surface area contributed by atoms with Crippen molar-refractivity contribution in [3.8, 4) is 0 Å². The zero-order chi connectivity index (χ0) is 13.0. The maximum absolute atomic E-state index is 4.27. The van der Waals surface area contributed by atoms with Crippen molar-refractivity contribution in [3.05, 3.63) is 40.9 Å². The minimum absolute atomic E-state index is 0.814. The van der Waals surface area contributed by atoms with Crippen LogP contribution in [0.15, 0.2) is 34.7 Å². The topological polar surface area (TPSA) is 40.5 Å². The first kappa shape index (κ1) is 12.6. The molecule has 0 saturated carbocycles. The van der Waals surface area contributed by atoms with Crippen molar-refractivity contribution >= 4 is 28.4 Å². The molecule has 1 heterocycles. The van der Waals surface area contributed by atoms with Crippen LogP contribution in [0.25, 0.3) is 0 Å². The molecule has 2 rings (SSSR count). The molecule has 0 radical (unpaired) electrons. The van der Waals surface area contributed by atoms with E-state index in [1.807, 2.05) is 38.5 Å². The zero-order valence-electron chi connectivity index (χ0n) is 10.7. The molecular weight excluding hydrogens is 244 g/mol. The van der Waals surface area contributed by atoms with Crippen LogP contribution in [-0.2, 0) is 0 Å². The molecule has 0 unspecified atom stereocenters. The highest BCUT2D eigenvalue weighted by Crippen LogP contribution is 2.14. The Kier molecular flexibility index (Phi) is 3.94. The molecule has 1 aromatic heterocycles. The molecule has 1 aromatic carbocycles. The number of thiazole rings is 1. The van der Waals surface area contributed by atoms with E-state index in [1.165, 1.54) is 5.69 Å². The average Bonchev–Trinajstić information content (AvgIpc) is 2.76. The van der Waals surface area contributed by atoms with Crippen LogP contribution in [-0.4, -0.2) is 25.3 Å². The van der Waals surface area contributed by atoms with Crippen LogP contribution in [0.2, 0.25) is 0 Å².